The number of esters is 1. The fourth-order valence-corrected chi connectivity index (χ4v) is 5.39. The van der Waals surface area contributed by atoms with Crippen LogP contribution in [0, 0.1) is 6.92 Å². The minimum atomic E-state index is -3.81. The third kappa shape index (κ3) is 5.52. The van der Waals surface area contributed by atoms with E-state index in [1.165, 1.54) is 35.7 Å². The third-order valence-electron chi connectivity index (χ3n) is 5.77. The third-order valence-corrected chi connectivity index (χ3v) is 7.61. The van der Waals surface area contributed by atoms with Gasteiger partial charge in [-0.05, 0) is 60.4 Å². The minimum absolute atomic E-state index is 0.000259. The smallest absolute Gasteiger partial charge is 0.338 e. The van der Waals surface area contributed by atoms with Gasteiger partial charge in [0.05, 0.1) is 23.3 Å². The molecule has 0 radical (unpaired) electrons. The molecule has 3 aromatic carbocycles. The fraction of sp³-hybridized carbons (Fsp3) is 0.231. The van der Waals surface area contributed by atoms with Gasteiger partial charge in [0.25, 0.3) is 5.91 Å². The molecule has 0 saturated heterocycles. The average Bonchev–Trinajstić information content (AvgIpc) is 2.87. The molecule has 0 saturated carbocycles. The lowest BCUT2D eigenvalue weighted by atomic mass is 10.0. The number of nitrogens with one attached hydrogen (secondary N) is 1. The number of hydrogen-bond acceptors (Lipinski definition) is 6. The molecule has 3 aromatic rings. The van der Waals surface area contributed by atoms with Crippen molar-refractivity contribution in [1.29, 1.82) is 0 Å². The number of carbonyl (C=O) groups excluding carboxylic acids is 2. The number of aryl methyl sites for hydroxylation is 1. The maximum absolute atomic E-state index is 13.2. The predicted molar refractivity (Wildman–Crippen MR) is 131 cm³/mol. The lowest BCUT2D eigenvalue weighted by Crippen LogP contribution is -2.36. The highest BCUT2D eigenvalue weighted by molar-refractivity contribution is 7.89. The molecule has 1 amide bonds. The molecule has 0 aromatic heterocycles. The molecule has 0 aliphatic carbocycles. The summed E-state index contributed by atoms with van der Waals surface area (Å²) in [5.74, 6) is -0.857. The molecule has 1 heterocycles. The van der Waals surface area contributed by atoms with Gasteiger partial charge < -0.3 is 14.8 Å². The van der Waals surface area contributed by atoms with Gasteiger partial charge >= 0.3 is 5.97 Å². The second-order valence-corrected chi connectivity index (χ2v) is 10.2. The van der Waals surface area contributed by atoms with Crippen molar-refractivity contribution in [3.63, 3.8) is 0 Å². The number of fused-ring (bicyclic) bond motifs is 1. The van der Waals surface area contributed by atoms with Crippen LogP contribution in [0.3, 0.4) is 0 Å². The lowest BCUT2D eigenvalue weighted by Gasteiger charge is -2.28. The van der Waals surface area contributed by atoms with Crippen molar-refractivity contribution in [2.24, 2.45) is 0 Å². The van der Waals surface area contributed by atoms with Crippen molar-refractivity contribution >= 4 is 27.6 Å². The molecular formula is C26H26N2O6S. The Hall–Kier alpha value is -3.69. The Kier molecular flexibility index (Phi) is 7.18. The fourth-order valence-electron chi connectivity index (χ4n) is 3.93. The quantitative estimate of drug-likeness (QED) is 0.504. The van der Waals surface area contributed by atoms with Crippen LogP contribution in [0.15, 0.2) is 71.6 Å². The monoisotopic (exact) mass is 494 g/mol. The first-order valence-electron chi connectivity index (χ1n) is 11.1. The van der Waals surface area contributed by atoms with Crippen LogP contribution in [0.1, 0.15) is 27.0 Å². The Morgan fingerprint density at radius 2 is 1.77 bits per heavy atom. The molecule has 1 aliphatic heterocycles. The zero-order valence-corrected chi connectivity index (χ0v) is 20.3. The summed E-state index contributed by atoms with van der Waals surface area (Å²) in [6.45, 7) is 1.97. The molecule has 1 N–H and O–H groups in total. The number of amides is 1. The highest BCUT2D eigenvalue weighted by Crippen LogP contribution is 2.26. The van der Waals surface area contributed by atoms with Crippen LogP contribution in [0.5, 0.6) is 5.75 Å². The highest BCUT2D eigenvalue weighted by Gasteiger charge is 2.29. The number of benzene rings is 3. The van der Waals surface area contributed by atoms with E-state index in [-0.39, 0.29) is 17.0 Å². The Morgan fingerprint density at radius 3 is 2.54 bits per heavy atom. The molecular weight excluding hydrogens is 468 g/mol. The van der Waals surface area contributed by atoms with Gasteiger partial charge in [0.1, 0.15) is 5.75 Å². The van der Waals surface area contributed by atoms with Crippen LogP contribution < -0.4 is 10.1 Å². The number of ether oxygens (including phenoxy) is 2. The van der Waals surface area contributed by atoms with E-state index in [9.17, 15) is 18.0 Å². The molecule has 4 rings (SSSR count). The molecule has 0 unspecified atom stereocenters. The normalized spacial score (nSPS) is 13.5. The van der Waals surface area contributed by atoms with Crippen molar-refractivity contribution in [1.82, 2.24) is 4.31 Å². The minimum Gasteiger partial charge on any atom is -0.495 e. The van der Waals surface area contributed by atoms with Crippen molar-refractivity contribution in [3.8, 4) is 5.75 Å². The van der Waals surface area contributed by atoms with Gasteiger partial charge in [-0.15, -0.1) is 0 Å². The summed E-state index contributed by atoms with van der Waals surface area (Å²) in [6, 6.07) is 18.7. The zero-order valence-electron chi connectivity index (χ0n) is 19.5. The maximum Gasteiger partial charge on any atom is 0.338 e. The summed E-state index contributed by atoms with van der Waals surface area (Å²) in [4.78, 5) is 24.9. The van der Waals surface area contributed by atoms with Gasteiger partial charge in [0.2, 0.25) is 10.0 Å². The number of carbonyl (C=O) groups is 2. The summed E-state index contributed by atoms with van der Waals surface area (Å²) < 4.78 is 38.2. The first-order chi connectivity index (χ1) is 16.8. The average molecular weight is 495 g/mol. The van der Waals surface area contributed by atoms with Crippen molar-refractivity contribution in [2.45, 2.75) is 24.8 Å². The van der Waals surface area contributed by atoms with Crippen LogP contribution in [0.25, 0.3) is 0 Å². The van der Waals surface area contributed by atoms with Crippen LogP contribution in [0.4, 0.5) is 5.69 Å². The first-order valence-corrected chi connectivity index (χ1v) is 12.5. The predicted octanol–water partition coefficient (Wildman–Crippen LogP) is 3.55. The van der Waals surface area contributed by atoms with Gasteiger partial charge in [-0.25, -0.2) is 13.2 Å². The molecule has 0 fully saturated rings. The number of sulfonamides is 1. The number of methoxy groups -OCH3 is 1. The number of rotatable bonds is 7. The van der Waals surface area contributed by atoms with Gasteiger partial charge in [-0.1, -0.05) is 36.4 Å². The Balaban J connectivity index is 1.42. The summed E-state index contributed by atoms with van der Waals surface area (Å²) in [6.07, 6.45) is 0.623. The van der Waals surface area contributed by atoms with Crippen molar-refractivity contribution in [3.05, 3.63) is 89.0 Å². The zero-order chi connectivity index (χ0) is 25.0. The van der Waals surface area contributed by atoms with Gasteiger partial charge in [0.15, 0.2) is 6.61 Å². The van der Waals surface area contributed by atoms with E-state index < -0.39 is 28.5 Å². The van der Waals surface area contributed by atoms with Gasteiger partial charge in [0, 0.05) is 13.1 Å². The Labute approximate surface area is 204 Å². The van der Waals surface area contributed by atoms with Crippen LogP contribution in [0.2, 0.25) is 0 Å². The second kappa shape index (κ2) is 10.3. The van der Waals surface area contributed by atoms with Crippen molar-refractivity contribution < 1.29 is 27.5 Å². The lowest BCUT2D eigenvalue weighted by molar-refractivity contribution is -0.119. The molecule has 0 atom stereocenters. The van der Waals surface area contributed by atoms with E-state index in [0.29, 0.717) is 24.4 Å². The molecule has 8 nitrogen and oxygen atoms in total. The topological polar surface area (TPSA) is 102 Å². The number of nitrogens with zero attached hydrogens (tertiary/aromatic N) is 1. The Morgan fingerprint density at radius 1 is 1.00 bits per heavy atom. The van der Waals surface area contributed by atoms with E-state index in [0.717, 1.165) is 16.7 Å². The highest BCUT2D eigenvalue weighted by atomic mass is 32.2. The molecule has 182 valence electrons. The maximum atomic E-state index is 13.2. The van der Waals surface area contributed by atoms with E-state index in [1.807, 2.05) is 37.3 Å². The van der Waals surface area contributed by atoms with Gasteiger partial charge in [-0.3, -0.25) is 4.79 Å². The first kappa shape index (κ1) is 24.4. The van der Waals surface area contributed by atoms with E-state index in [1.54, 1.807) is 12.1 Å². The summed E-state index contributed by atoms with van der Waals surface area (Å²) >= 11 is 0. The summed E-state index contributed by atoms with van der Waals surface area (Å²) in [7, 11) is -2.32. The standard InChI is InChI=1S/C26H26N2O6S/c1-18-10-11-24(33-2)23(14-18)27-25(29)17-34-26(30)20-8-5-9-22(15-20)35(31,32)28-13-12-19-6-3-4-7-21(19)16-28/h3-11,14-15H,12-13,16-17H2,1-2H3,(H,27,29). The van der Waals surface area contributed by atoms with E-state index in [4.69, 9.17) is 9.47 Å². The van der Waals surface area contributed by atoms with Crippen LogP contribution in [-0.4, -0.2) is 44.9 Å². The SMILES string of the molecule is COc1ccc(C)cc1NC(=O)COC(=O)c1cccc(S(=O)(=O)N2CCc3ccccc3C2)c1. The second-order valence-electron chi connectivity index (χ2n) is 8.21. The summed E-state index contributed by atoms with van der Waals surface area (Å²) in [5, 5.41) is 2.65. The molecule has 1 aliphatic rings. The van der Waals surface area contributed by atoms with Crippen molar-refractivity contribution in [2.75, 3.05) is 25.6 Å². The molecule has 35 heavy (non-hydrogen) atoms. The Bertz CT molecular complexity index is 1370. The molecule has 9 heteroatoms. The van der Waals surface area contributed by atoms with Crippen LogP contribution >= 0.6 is 0 Å². The van der Waals surface area contributed by atoms with E-state index in [2.05, 4.69) is 5.32 Å². The van der Waals surface area contributed by atoms with Crippen LogP contribution in [-0.2, 0) is 32.5 Å². The largest absolute Gasteiger partial charge is 0.495 e. The molecule has 0 bridgehead atoms. The van der Waals surface area contributed by atoms with E-state index >= 15 is 0 Å². The van der Waals surface area contributed by atoms with Gasteiger partial charge in [-0.2, -0.15) is 4.31 Å². The molecule has 0 spiro atoms. The number of hydrogen-bond donors (Lipinski definition) is 1. The number of anilines is 1. The summed E-state index contributed by atoms with van der Waals surface area (Å²) in [5.41, 5.74) is 3.54.